The number of hydrogen-bond donors (Lipinski definition) is 3. The molecule has 5 rings (SSSR count). The van der Waals surface area contributed by atoms with E-state index in [1.54, 1.807) is 12.1 Å². The molecule has 2 aromatic heterocycles. The number of sulfonamides is 1. The van der Waals surface area contributed by atoms with E-state index in [4.69, 9.17) is 10.5 Å². The first kappa shape index (κ1) is 33.3. The van der Waals surface area contributed by atoms with Crippen LogP contribution in [0.25, 0.3) is 21.8 Å². The first-order valence-corrected chi connectivity index (χ1v) is 15.7. The zero-order valence-corrected chi connectivity index (χ0v) is 26.1. The summed E-state index contributed by atoms with van der Waals surface area (Å²) in [5.74, 6) is -1.66. The number of para-hydroxylation sites is 2. The molecule has 0 radical (unpaired) electrons. The van der Waals surface area contributed by atoms with Crippen molar-refractivity contribution in [1.29, 1.82) is 0 Å². The monoisotopic (exact) mass is 730 g/mol. The van der Waals surface area contributed by atoms with E-state index in [-0.39, 0.29) is 31.9 Å². The van der Waals surface area contributed by atoms with Crippen molar-refractivity contribution in [3.8, 4) is 5.75 Å². The lowest BCUT2D eigenvalue weighted by Gasteiger charge is -2.39. The van der Waals surface area contributed by atoms with Gasteiger partial charge in [-0.15, -0.1) is 0 Å². The van der Waals surface area contributed by atoms with Crippen LogP contribution in [0, 0.1) is 0 Å². The molecule has 46 heavy (non-hydrogen) atoms. The highest BCUT2D eigenvalue weighted by Gasteiger charge is 2.58. The van der Waals surface area contributed by atoms with Crippen molar-refractivity contribution in [3.05, 3.63) is 94.2 Å². The molecule has 0 spiro atoms. The maximum atomic E-state index is 15.2. The van der Waals surface area contributed by atoms with Gasteiger partial charge in [0.2, 0.25) is 10.0 Å². The molecule has 2 unspecified atom stereocenters. The summed E-state index contributed by atoms with van der Waals surface area (Å²) in [6.07, 6.45) is -12.4. The van der Waals surface area contributed by atoms with Crippen LogP contribution in [0.1, 0.15) is 21.6 Å². The van der Waals surface area contributed by atoms with Gasteiger partial charge >= 0.3 is 12.4 Å². The molecule has 1 amide bonds. The first-order valence-electron chi connectivity index (χ1n) is 13.5. The smallest absolute Gasteiger partial charge is 0.405 e. The second-order valence-corrected chi connectivity index (χ2v) is 13.1. The number of amides is 1. The van der Waals surface area contributed by atoms with Crippen molar-refractivity contribution in [2.75, 3.05) is 7.11 Å². The molecule has 0 fully saturated rings. The number of ether oxygens (including phenoxy) is 1. The van der Waals surface area contributed by atoms with Gasteiger partial charge in [0.15, 0.2) is 0 Å². The third-order valence-corrected chi connectivity index (χ3v) is 10.0. The Labute approximate surface area is 266 Å². The Balaban J connectivity index is 1.80. The van der Waals surface area contributed by atoms with Crippen LogP contribution in [-0.4, -0.2) is 60.1 Å². The van der Waals surface area contributed by atoms with Gasteiger partial charge in [0, 0.05) is 38.9 Å². The fraction of sp³-hybridized carbons (Fsp3) is 0.233. The first-order chi connectivity index (χ1) is 21.5. The Morgan fingerprint density at radius 1 is 0.913 bits per heavy atom. The number of benzene rings is 3. The average molecular weight is 732 g/mol. The van der Waals surface area contributed by atoms with Crippen molar-refractivity contribution >= 4 is 53.7 Å². The molecule has 4 N–H and O–H groups in total. The molecule has 0 aliphatic rings. The van der Waals surface area contributed by atoms with Crippen molar-refractivity contribution in [2.24, 2.45) is 5.73 Å². The zero-order valence-electron chi connectivity index (χ0n) is 23.7. The third-order valence-electron chi connectivity index (χ3n) is 7.60. The van der Waals surface area contributed by atoms with Crippen LogP contribution in [0.5, 0.6) is 5.75 Å². The number of primary amides is 1. The van der Waals surface area contributed by atoms with E-state index in [2.05, 4.69) is 25.9 Å². The molecular weight excluding hydrogens is 706 g/mol. The largest absolute Gasteiger partial charge is 0.495 e. The molecule has 0 saturated heterocycles. The van der Waals surface area contributed by atoms with E-state index in [1.165, 1.54) is 48.7 Å². The molecule has 244 valence electrons. The number of nitrogens with two attached hydrogens (primary N) is 1. The van der Waals surface area contributed by atoms with Gasteiger partial charge in [-0.25, -0.2) is 8.42 Å². The van der Waals surface area contributed by atoms with Crippen LogP contribution in [-0.2, 0) is 22.9 Å². The molecule has 2 atom stereocenters. The number of methoxy groups -OCH3 is 1. The zero-order chi connectivity index (χ0) is 33.6. The van der Waals surface area contributed by atoms with E-state index in [0.29, 0.717) is 5.52 Å². The Morgan fingerprint density at radius 2 is 1.50 bits per heavy atom. The summed E-state index contributed by atoms with van der Waals surface area (Å²) < 4.78 is 124. The molecule has 16 heteroatoms. The third kappa shape index (κ3) is 6.33. The molecule has 0 saturated carbocycles. The maximum absolute atomic E-state index is 15.2. The topological polar surface area (TPSA) is 121 Å². The summed E-state index contributed by atoms with van der Waals surface area (Å²) in [6.45, 7) is 0. The summed E-state index contributed by atoms with van der Waals surface area (Å²) in [5, 5.41) is 0.327. The highest BCUT2D eigenvalue weighted by atomic mass is 79.9. The summed E-state index contributed by atoms with van der Waals surface area (Å²) >= 11 is 3.05. The summed E-state index contributed by atoms with van der Waals surface area (Å²) in [7, 11) is -4.64. The second kappa shape index (κ2) is 12.3. The maximum Gasteiger partial charge on any atom is 0.405 e. The summed E-state index contributed by atoms with van der Waals surface area (Å²) in [6, 6.07) is 8.66. The quantitative estimate of drug-likeness (QED) is 0.136. The Hall–Kier alpha value is -4.02. The van der Waals surface area contributed by atoms with Gasteiger partial charge in [-0.2, -0.15) is 30.6 Å². The number of rotatable bonds is 10. The number of halogens is 7. The lowest BCUT2D eigenvalue weighted by atomic mass is 9.98. The number of aromatic nitrogens is 2. The Kier molecular flexibility index (Phi) is 8.92. The predicted molar refractivity (Wildman–Crippen MR) is 162 cm³/mol. The van der Waals surface area contributed by atoms with E-state index in [9.17, 15) is 13.2 Å². The molecule has 0 bridgehead atoms. The van der Waals surface area contributed by atoms with Gasteiger partial charge in [-0.3, -0.25) is 4.79 Å². The van der Waals surface area contributed by atoms with Gasteiger partial charge in [0.25, 0.3) is 5.91 Å². The van der Waals surface area contributed by atoms with E-state index >= 15 is 26.3 Å². The van der Waals surface area contributed by atoms with Crippen LogP contribution in [0.2, 0.25) is 0 Å². The fourth-order valence-corrected chi connectivity index (χ4v) is 8.02. The average Bonchev–Trinajstić information content (AvgIpc) is 3.56. The highest BCUT2D eigenvalue weighted by molar-refractivity contribution is 9.10. The number of fused-ring (bicyclic) bond motifs is 2. The number of H-pyrrole nitrogens is 2. The van der Waals surface area contributed by atoms with Gasteiger partial charge in [0.1, 0.15) is 28.4 Å². The van der Waals surface area contributed by atoms with Crippen LogP contribution in [0.4, 0.5) is 26.3 Å². The summed E-state index contributed by atoms with van der Waals surface area (Å²) in [5.41, 5.74) is 5.09. The van der Waals surface area contributed by atoms with Gasteiger partial charge in [-0.1, -0.05) is 52.3 Å². The standard InChI is InChI=1S/C30H25BrF6N4O4S/c1-45-23-11-10-17(31)13-24(23)46(43,44)41(25(29(32,33)34)12-16-15-39-21-8-4-2-6-18(16)21)26(30(35,36)37)14-20-19-7-3-5-9-22(19)40-27(20)28(38)42/h2-11,13,15,25-26,39-40H,12,14H2,1H3,(H2,38,42). The lowest BCUT2D eigenvalue weighted by Crippen LogP contribution is -2.59. The van der Waals surface area contributed by atoms with Gasteiger partial charge in [-0.05, 0) is 47.9 Å². The molecular formula is C30H25BrF6N4O4S. The van der Waals surface area contributed by atoms with E-state index in [0.717, 1.165) is 19.2 Å². The van der Waals surface area contributed by atoms with Crippen molar-refractivity contribution in [3.63, 3.8) is 0 Å². The fourth-order valence-electron chi connectivity index (χ4n) is 5.54. The van der Waals surface area contributed by atoms with Gasteiger partial charge in [0.05, 0.1) is 7.11 Å². The van der Waals surface area contributed by atoms with Crippen LogP contribution < -0.4 is 10.5 Å². The predicted octanol–water partition coefficient (Wildman–Crippen LogP) is 6.86. The number of alkyl halides is 6. The number of carbonyl (C=O) groups is 1. The lowest BCUT2D eigenvalue weighted by molar-refractivity contribution is -0.213. The number of hydrogen-bond acceptors (Lipinski definition) is 4. The van der Waals surface area contributed by atoms with Crippen LogP contribution in [0.3, 0.4) is 0 Å². The highest BCUT2D eigenvalue weighted by Crippen LogP contribution is 2.43. The number of carbonyl (C=O) groups excluding carboxylic acids is 1. The Morgan fingerprint density at radius 3 is 2.11 bits per heavy atom. The number of aromatic amines is 2. The minimum absolute atomic E-state index is 0.0584. The molecule has 3 aromatic carbocycles. The Bertz CT molecular complexity index is 2020. The van der Waals surface area contributed by atoms with Crippen molar-refractivity contribution in [2.45, 2.75) is 42.2 Å². The van der Waals surface area contributed by atoms with Crippen LogP contribution >= 0.6 is 15.9 Å². The van der Waals surface area contributed by atoms with Crippen molar-refractivity contribution < 1.29 is 44.3 Å². The molecule has 0 aliphatic heterocycles. The minimum Gasteiger partial charge on any atom is -0.495 e. The molecule has 5 aromatic rings. The molecule has 0 aliphatic carbocycles. The van der Waals surface area contributed by atoms with Crippen molar-refractivity contribution in [1.82, 2.24) is 14.3 Å². The normalized spacial score (nSPS) is 14.2. The second-order valence-electron chi connectivity index (χ2n) is 10.4. The molecule has 8 nitrogen and oxygen atoms in total. The van der Waals surface area contributed by atoms with Crippen LogP contribution in [0.15, 0.2) is 82.3 Å². The number of nitrogens with one attached hydrogen (secondary N) is 2. The minimum atomic E-state index is -5.68. The van der Waals surface area contributed by atoms with E-state index in [1.807, 2.05) is 0 Å². The molecule has 2 heterocycles. The number of nitrogens with zero attached hydrogens (tertiary/aromatic N) is 1. The van der Waals surface area contributed by atoms with E-state index < -0.39 is 73.9 Å². The summed E-state index contributed by atoms with van der Waals surface area (Å²) in [4.78, 5) is 16.8. The van der Waals surface area contributed by atoms with Gasteiger partial charge < -0.3 is 20.4 Å². The SMILES string of the molecule is COc1ccc(Br)cc1S(=O)(=O)N(C(Cc1c[nH]c2ccccc12)C(F)(F)F)C(Cc1c(C(N)=O)[nH]c2ccccc12)C(F)(F)F.